The van der Waals surface area contributed by atoms with Gasteiger partial charge >= 0.3 is 0 Å². The summed E-state index contributed by atoms with van der Waals surface area (Å²) in [6, 6.07) is 56.1. The lowest BCUT2D eigenvalue weighted by atomic mass is 9.94. The summed E-state index contributed by atoms with van der Waals surface area (Å²) in [5, 5.41) is 5.00. The molecule has 0 saturated carbocycles. The van der Waals surface area contributed by atoms with Crippen LogP contribution in [-0.4, -0.2) is 9.97 Å². The molecule has 0 bridgehead atoms. The maximum Gasteiger partial charge on any atom is 0.160 e. The van der Waals surface area contributed by atoms with Crippen molar-refractivity contribution in [1.82, 2.24) is 9.97 Å². The Balaban J connectivity index is 1.14. The SMILES string of the molecule is c1ccc(-c2cc(-c3ccccc3)nc(-c3ccc4cc(-c5cc6c7c(cccc7c5)-c5ccccc5-6)ccc4c3)n2)cc1. The Morgan fingerprint density at radius 3 is 1.52 bits per heavy atom. The molecule has 0 radical (unpaired) electrons. The van der Waals surface area contributed by atoms with Gasteiger partial charge in [-0.25, -0.2) is 9.97 Å². The van der Waals surface area contributed by atoms with Crippen molar-refractivity contribution in [1.29, 1.82) is 0 Å². The predicted molar refractivity (Wildman–Crippen MR) is 183 cm³/mol. The number of aromatic nitrogens is 2. The van der Waals surface area contributed by atoms with Crippen LogP contribution in [0.3, 0.4) is 0 Å². The Bertz CT molecular complexity index is 2320. The third-order valence-electron chi connectivity index (χ3n) is 8.78. The first-order valence-electron chi connectivity index (χ1n) is 15.0. The molecule has 9 rings (SSSR count). The largest absolute Gasteiger partial charge is 0.228 e. The van der Waals surface area contributed by atoms with Crippen molar-refractivity contribution in [3.8, 4) is 67.3 Å². The molecule has 204 valence electrons. The van der Waals surface area contributed by atoms with Crippen molar-refractivity contribution in [3.05, 3.63) is 158 Å². The zero-order valence-electron chi connectivity index (χ0n) is 23.9. The van der Waals surface area contributed by atoms with E-state index in [-0.39, 0.29) is 0 Å². The molecule has 2 nitrogen and oxygen atoms in total. The van der Waals surface area contributed by atoms with E-state index in [0.717, 1.165) is 33.9 Å². The summed E-state index contributed by atoms with van der Waals surface area (Å²) < 4.78 is 0. The summed E-state index contributed by atoms with van der Waals surface area (Å²) in [6.07, 6.45) is 0. The van der Waals surface area contributed by atoms with Gasteiger partial charge in [0.1, 0.15) is 0 Å². The monoisotopic (exact) mass is 558 g/mol. The third kappa shape index (κ3) is 4.04. The molecule has 1 heterocycles. The van der Waals surface area contributed by atoms with Crippen LogP contribution in [0.4, 0.5) is 0 Å². The van der Waals surface area contributed by atoms with Gasteiger partial charge in [-0.05, 0) is 85.3 Å². The normalized spacial score (nSPS) is 11.6. The second kappa shape index (κ2) is 9.86. The van der Waals surface area contributed by atoms with Gasteiger partial charge in [0.2, 0.25) is 0 Å². The van der Waals surface area contributed by atoms with Gasteiger partial charge in [0.05, 0.1) is 11.4 Å². The first kappa shape index (κ1) is 24.7. The van der Waals surface area contributed by atoms with Gasteiger partial charge < -0.3 is 0 Å². The van der Waals surface area contributed by atoms with E-state index in [1.807, 2.05) is 36.4 Å². The van der Waals surface area contributed by atoms with Gasteiger partial charge in [-0.15, -0.1) is 0 Å². The molecule has 7 aromatic carbocycles. The second-order valence-corrected chi connectivity index (χ2v) is 11.4. The lowest BCUT2D eigenvalue weighted by Gasteiger charge is -2.11. The van der Waals surface area contributed by atoms with Crippen LogP contribution in [-0.2, 0) is 0 Å². The van der Waals surface area contributed by atoms with Crippen LogP contribution in [0.2, 0.25) is 0 Å². The standard InChI is InChI=1S/C42H26N2/c1-3-10-27(11-4-1)39-26-40(28-12-5-2-6-13-28)44-42(43-39)33-21-20-29-22-31(19-18-30(29)23-33)34-24-32-14-9-17-37-35-15-7-8-16-36(35)38(25-34)41(32)37/h1-26H. The highest BCUT2D eigenvalue weighted by Gasteiger charge is 2.21. The molecule has 1 aliphatic carbocycles. The lowest BCUT2D eigenvalue weighted by molar-refractivity contribution is 1.18. The van der Waals surface area contributed by atoms with Gasteiger partial charge in [-0.1, -0.05) is 127 Å². The summed E-state index contributed by atoms with van der Waals surface area (Å²) in [6.45, 7) is 0. The van der Waals surface area contributed by atoms with Crippen LogP contribution in [0.5, 0.6) is 0 Å². The minimum absolute atomic E-state index is 0.725. The van der Waals surface area contributed by atoms with Crippen LogP contribution in [0.15, 0.2) is 158 Å². The molecule has 1 aromatic heterocycles. The van der Waals surface area contributed by atoms with Gasteiger partial charge in [0, 0.05) is 16.7 Å². The van der Waals surface area contributed by atoms with E-state index in [1.54, 1.807) is 0 Å². The number of fused-ring (bicyclic) bond motifs is 4. The molecule has 0 spiro atoms. The smallest absolute Gasteiger partial charge is 0.160 e. The van der Waals surface area contributed by atoms with E-state index < -0.39 is 0 Å². The second-order valence-electron chi connectivity index (χ2n) is 11.4. The van der Waals surface area contributed by atoms with E-state index in [0.29, 0.717) is 0 Å². The zero-order valence-corrected chi connectivity index (χ0v) is 23.9. The van der Waals surface area contributed by atoms with Gasteiger partial charge in [0.25, 0.3) is 0 Å². The molecular weight excluding hydrogens is 532 g/mol. The van der Waals surface area contributed by atoms with Crippen molar-refractivity contribution < 1.29 is 0 Å². The Kier molecular flexibility index (Phi) is 5.54. The predicted octanol–water partition coefficient (Wildman–Crippen LogP) is 11.1. The first-order valence-corrected chi connectivity index (χ1v) is 15.0. The molecule has 0 saturated heterocycles. The number of benzene rings is 7. The topological polar surface area (TPSA) is 25.8 Å². The van der Waals surface area contributed by atoms with E-state index in [1.165, 1.54) is 54.9 Å². The van der Waals surface area contributed by atoms with Crippen molar-refractivity contribution in [3.63, 3.8) is 0 Å². The van der Waals surface area contributed by atoms with E-state index in [4.69, 9.17) is 9.97 Å². The molecule has 0 fully saturated rings. The molecule has 8 aromatic rings. The van der Waals surface area contributed by atoms with E-state index in [2.05, 4.69) is 121 Å². The fraction of sp³-hybridized carbons (Fsp3) is 0. The third-order valence-corrected chi connectivity index (χ3v) is 8.78. The summed E-state index contributed by atoms with van der Waals surface area (Å²) >= 11 is 0. The van der Waals surface area contributed by atoms with Crippen LogP contribution in [0.1, 0.15) is 0 Å². The molecule has 44 heavy (non-hydrogen) atoms. The average Bonchev–Trinajstić information content (AvgIpc) is 3.43. The molecule has 0 N–H and O–H groups in total. The number of rotatable bonds is 4. The molecule has 2 heteroatoms. The quantitative estimate of drug-likeness (QED) is 0.215. The van der Waals surface area contributed by atoms with Crippen molar-refractivity contribution >= 4 is 21.5 Å². The lowest BCUT2D eigenvalue weighted by Crippen LogP contribution is -1.96. The summed E-state index contributed by atoms with van der Waals surface area (Å²) in [5.41, 5.74) is 12.7. The van der Waals surface area contributed by atoms with E-state index in [9.17, 15) is 0 Å². The fourth-order valence-electron chi connectivity index (χ4n) is 6.64. The Morgan fingerprint density at radius 1 is 0.295 bits per heavy atom. The van der Waals surface area contributed by atoms with Crippen LogP contribution >= 0.6 is 0 Å². The number of hydrogen-bond donors (Lipinski definition) is 0. The van der Waals surface area contributed by atoms with Gasteiger partial charge in [-0.2, -0.15) is 0 Å². The fourth-order valence-corrected chi connectivity index (χ4v) is 6.64. The average molecular weight is 559 g/mol. The Hall–Kier alpha value is -5.86. The highest BCUT2D eigenvalue weighted by molar-refractivity contribution is 6.16. The maximum absolute atomic E-state index is 5.03. The van der Waals surface area contributed by atoms with Crippen molar-refractivity contribution in [2.45, 2.75) is 0 Å². The first-order chi connectivity index (χ1) is 21.8. The van der Waals surface area contributed by atoms with Crippen molar-refractivity contribution in [2.75, 3.05) is 0 Å². The molecule has 0 amide bonds. The minimum Gasteiger partial charge on any atom is -0.228 e. The molecule has 0 unspecified atom stereocenters. The minimum atomic E-state index is 0.725. The van der Waals surface area contributed by atoms with E-state index >= 15 is 0 Å². The number of hydrogen-bond acceptors (Lipinski definition) is 2. The number of nitrogens with zero attached hydrogens (tertiary/aromatic N) is 2. The molecule has 0 aliphatic heterocycles. The Labute approximate surface area is 256 Å². The molecule has 0 atom stereocenters. The maximum atomic E-state index is 5.03. The summed E-state index contributed by atoms with van der Waals surface area (Å²) in [7, 11) is 0. The van der Waals surface area contributed by atoms with Crippen LogP contribution in [0, 0.1) is 0 Å². The Morgan fingerprint density at radius 2 is 0.841 bits per heavy atom. The van der Waals surface area contributed by atoms with Gasteiger partial charge in [-0.3, -0.25) is 0 Å². The van der Waals surface area contributed by atoms with Crippen molar-refractivity contribution in [2.24, 2.45) is 0 Å². The molecular formula is C42H26N2. The highest BCUT2D eigenvalue weighted by Crippen LogP contribution is 2.48. The van der Waals surface area contributed by atoms with Crippen LogP contribution < -0.4 is 0 Å². The highest BCUT2D eigenvalue weighted by atomic mass is 14.9. The van der Waals surface area contributed by atoms with Crippen LogP contribution in [0.25, 0.3) is 88.8 Å². The van der Waals surface area contributed by atoms with Gasteiger partial charge in [0.15, 0.2) is 5.82 Å². The summed E-state index contributed by atoms with van der Waals surface area (Å²) in [5.74, 6) is 0.725. The molecule has 1 aliphatic rings. The zero-order chi connectivity index (χ0) is 29.0. The summed E-state index contributed by atoms with van der Waals surface area (Å²) in [4.78, 5) is 10.1.